The normalized spacial score (nSPS) is 22.3. The Hall–Kier alpha value is -1.67. The van der Waals surface area contributed by atoms with Crippen LogP contribution in [0.2, 0.25) is 0 Å². The number of carbonyl (C=O) groups is 1. The molecule has 2 aliphatic rings. The second-order valence-corrected chi connectivity index (χ2v) is 12.2. The lowest BCUT2D eigenvalue weighted by atomic mass is 10.3. The lowest BCUT2D eigenvalue weighted by Gasteiger charge is -2.25. The SMILES string of the molecule is O=C(CSc1nc2cc(S(=O)(=O)N3CCOCC3)ccc2o1)NC1CCS(=O)(=O)C1. The van der Waals surface area contributed by atoms with Crippen LogP contribution >= 0.6 is 11.8 Å². The summed E-state index contributed by atoms with van der Waals surface area (Å²) in [5.74, 6) is -0.235. The van der Waals surface area contributed by atoms with Gasteiger partial charge < -0.3 is 14.5 Å². The molecule has 1 N–H and O–H groups in total. The number of nitrogens with one attached hydrogen (secondary N) is 1. The van der Waals surface area contributed by atoms with Gasteiger partial charge in [-0.1, -0.05) is 11.8 Å². The third-order valence-corrected chi connectivity index (χ3v) is 9.36. The Morgan fingerprint density at radius 3 is 2.77 bits per heavy atom. The van der Waals surface area contributed by atoms with Crippen LogP contribution in [0.3, 0.4) is 0 Å². The molecule has 10 nitrogen and oxygen atoms in total. The maximum absolute atomic E-state index is 12.8. The smallest absolute Gasteiger partial charge is 0.257 e. The molecule has 164 valence electrons. The van der Waals surface area contributed by atoms with Crippen molar-refractivity contribution in [3.8, 4) is 0 Å². The highest BCUT2D eigenvalue weighted by atomic mass is 32.2. The highest BCUT2D eigenvalue weighted by Gasteiger charge is 2.29. The fourth-order valence-electron chi connectivity index (χ4n) is 3.35. The van der Waals surface area contributed by atoms with Crippen LogP contribution < -0.4 is 5.32 Å². The van der Waals surface area contributed by atoms with Gasteiger partial charge in [-0.25, -0.2) is 21.8 Å². The number of hydrogen-bond acceptors (Lipinski definition) is 9. The lowest BCUT2D eigenvalue weighted by molar-refractivity contribution is -0.119. The number of hydrogen-bond donors (Lipinski definition) is 1. The topological polar surface area (TPSA) is 136 Å². The maximum Gasteiger partial charge on any atom is 0.257 e. The number of sulfonamides is 1. The fourth-order valence-corrected chi connectivity index (χ4v) is 7.10. The Balaban J connectivity index is 1.40. The van der Waals surface area contributed by atoms with Gasteiger partial charge in [-0.05, 0) is 24.6 Å². The van der Waals surface area contributed by atoms with Crippen LogP contribution in [0.15, 0.2) is 32.7 Å². The second kappa shape index (κ2) is 8.46. The molecular weight excluding hydrogens is 454 g/mol. The third kappa shape index (κ3) is 4.80. The molecule has 3 heterocycles. The molecule has 1 aromatic heterocycles. The van der Waals surface area contributed by atoms with Crippen molar-refractivity contribution in [2.24, 2.45) is 0 Å². The molecule has 2 saturated heterocycles. The van der Waals surface area contributed by atoms with Crippen molar-refractivity contribution in [3.05, 3.63) is 18.2 Å². The number of thioether (sulfide) groups is 1. The van der Waals surface area contributed by atoms with Gasteiger partial charge in [0.25, 0.3) is 5.22 Å². The first-order valence-electron chi connectivity index (χ1n) is 9.34. The predicted octanol–water partition coefficient (Wildman–Crippen LogP) is 0.244. The van der Waals surface area contributed by atoms with Gasteiger partial charge in [0.05, 0.1) is 35.4 Å². The van der Waals surface area contributed by atoms with Gasteiger partial charge in [0, 0.05) is 19.1 Å². The Bertz CT molecular complexity index is 1150. The molecule has 1 amide bonds. The summed E-state index contributed by atoms with van der Waals surface area (Å²) < 4.78 is 60.6. The standard InChI is InChI=1S/C17H21N3O7S3/c21-16(18-12-3-8-29(22,23)11-12)10-28-17-19-14-9-13(1-2-15(14)27-17)30(24,25)20-4-6-26-7-5-20/h1-2,9,12H,3-8,10-11H2,(H,18,21). The van der Waals surface area contributed by atoms with Gasteiger partial charge in [0.15, 0.2) is 15.4 Å². The summed E-state index contributed by atoms with van der Waals surface area (Å²) in [5.41, 5.74) is 0.801. The molecule has 0 aliphatic carbocycles. The van der Waals surface area contributed by atoms with E-state index in [1.165, 1.54) is 16.4 Å². The molecule has 4 rings (SSSR count). The lowest BCUT2D eigenvalue weighted by Crippen LogP contribution is -2.40. The van der Waals surface area contributed by atoms with Crippen molar-refractivity contribution < 1.29 is 30.8 Å². The summed E-state index contributed by atoms with van der Waals surface area (Å²) >= 11 is 1.06. The summed E-state index contributed by atoms with van der Waals surface area (Å²) in [6, 6.07) is 4.11. The highest BCUT2D eigenvalue weighted by Crippen LogP contribution is 2.27. The number of aromatic nitrogens is 1. The summed E-state index contributed by atoms with van der Waals surface area (Å²) in [6.07, 6.45) is 0.419. The van der Waals surface area contributed by atoms with E-state index in [9.17, 15) is 21.6 Å². The van der Waals surface area contributed by atoms with Crippen LogP contribution in [0.4, 0.5) is 0 Å². The highest BCUT2D eigenvalue weighted by molar-refractivity contribution is 7.99. The number of amides is 1. The largest absolute Gasteiger partial charge is 0.431 e. The number of sulfone groups is 1. The Morgan fingerprint density at radius 2 is 2.07 bits per heavy atom. The monoisotopic (exact) mass is 475 g/mol. The molecule has 1 aromatic carbocycles. The first-order valence-corrected chi connectivity index (χ1v) is 13.6. The second-order valence-electron chi connectivity index (χ2n) is 7.08. The van der Waals surface area contributed by atoms with Crippen molar-refractivity contribution in [2.45, 2.75) is 22.6 Å². The fraction of sp³-hybridized carbons (Fsp3) is 0.529. The number of carbonyl (C=O) groups excluding carboxylic acids is 1. The minimum absolute atomic E-state index is 0.0162. The van der Waals surface area contributed by atoms with Gasteiger partial charge in [-0.15, -0.1) is 0 Å². The van der Waals surface area contributed by atoms with Crippen LogP contribution in [0, 0.1) is 0 Å². The molecule has 13 heteroatoms. The van der Waals surface area contributed by atoms with Crippen LogP contribution in [-0.2, 0) is 29.4 Å². The molecule has 2 aromatic rings. The van der Waals surface area contributed by atoms with Crippen LogP contribution in [0.5, 0.6) is 0 Å². The van der Waals surface area contributed by atoms with Crippen LogP contribution in [0.1, 0.15) is 6.42 Å². The van der Waals surface area contributed by atoms with E-state index in [4.69, 9.17) is 9.15 Å². The van der Waals surface area contributed by atoms with E-state index >= 15 is 0 Å². The molecule has 0 radical (unpaired) electrons. The summed E-state index contributed by atoms with van der Waals surface area (Å²) in [5, 5.41) is 2.94. The van der Waals surface area contributed by atoms with Crippen LogP contribution in [-0.4, -0.2) is 81.6 Å². The number of rotatable bonds is 6. The molecule has 0 spiro atoms. The number of morpholine rings is 1. The predicted molar refractivity (Wildman–Crippen MR) is 110 cm³/mol. The van der Waals surface area contributed by atoms with Crippen molar-refractivity contribution in [1.82, 2.24) is 14.6 Å². The summed E-state index contributed by atoms with van der Waals surface area (Å²) in [6.45, 7) is 1.33. The molecule has 0 bridgehead atoms. The molecule has 30 heavy (non-hydrogen) atoms. The van der Waals surface area contributed by atoms with E-state index in [2.05, 4.69) is 10.3 Å². The zero-order valence-corrected chi connectivity index (χ0v) is 18.4. The maximum atomic E-state index is 12.8. The zero-order valence-electron chi connectivity index (χ0n) is 15.9. The van der Waals surface area contributed by atoms with E-state index < -0.39 is 19.9 Å². The number of nitrogens with zero attached hydrogens (tertiary/aromatic N) is 2. The minimum atomic E-state index is -3.64. The molecule has 1 atom stereocenters. The first-order chi connectivity index (χ1) is 14.2. The Morgan fingerprint density at radius 1 is 1.30 bits per heavy atom. The molecule has 1 unspecified atom stereocenters. The molecule has 0 saturated carbocycles. The number of benzene rings is 1. The van der Waals surface area contributed by atoms with E-state index in [1.807, 2.05) is 0 Å². The Kier molecular flexibility index (Phi) is 6.08. The first kappa shape index (κ1) is 21.6. The van der Waals surface area contributed by atoms with Crippen molar-refractivity contribution in [1.29, 1.82) is 0 Å². The van der Waals surface area contributed by atoms with Gasteiger partial charge in [0.1, 0.15) is 5.52 Å². The third-order valence-electron chi connectivity index (χ3n) is 4.87. The van der Waals surface area contributed by atoms with Crippen molar-refractivity contribution in [2.75, 3.05) is 43.6 Å². The zero-order chi connectivity index (χ0) is 21.4. The number of ether oxygens (including phenoxy) is 1. The van der Waals surface area contributed by atoms with E-state index in [0.29, 0.717) is 43.8 Å². The van der Waals surface area contributed by atoms with E-state index in [1.54, 1.807) is 6.07 Å². The van der Waals surface area contributed by atoms with Gasteiger partial charge in [0.2, 0.25) is 15.9 Å². The molecular formula is C17H21N3O7S3. The van der Waals surface area contributed by atoms with Gasteiger partial charge in [-0.2, -0.15) is 4.31 Å². The number of fused-ring (bicyclic) bond motifs is 1. The Labute approximate surface area is 178 Å². The van der Waals surface area contributed by atoms with Gasteiger partial charge >= 0.3 is 0 Å². The quantitative estimate of drug-likeness (QED) is 0.583. The molecule has 2 aliphatic heterocycles. The number of oxazole rings is 1. The van der Waals surface area contributed by atoms with E-state index in [-0.39, 0.29) is 39.3 Å². The van der Waals surface area contributed by atoms with Gasteiger partial charge in [-0.3, -0.25) is 4.79 Å². The molecule has 2 fully saturated rings. The van der Waals surface area contributed by atoms with Crippen LogP contribution in [0.25, 0.3) is 11.1 Å². The van der Waals surface area contributed by atoms with Crippen molar-refractivity contribution >= 4 is 48.6 Å². The summed E-state index contributed by atoms with van der Waals surface area (Å²) in [4.78, 5) is 16.5. The van der Waals surface area contributed by atoms with E-state index in [0.717, 1.165) is 11.8 Å². The average molecular weight is 476 g/mol. The minimum Gasteiger partial charge on any atom is -0.431 e. The average Bonchev–Trinajstić information content (AvgIpc) is 3.28. The van der Waals surface area contributed by atoms with Crippen molar-refractivity contribution in [3.63, 3.8) is 0 Å². The summed E-state index contributed by atoms with van der Waals surface area (Å²) in [7, 11) is -6.70.